The summed E-state index contributed by atoms with van der Waals surface area (Å²) in [7, 11) is 0. The SMILES string of the molecule is CC1(C2CC=C(Cl)C=C2N)NCCNC(CC2CC2)C1c1ccnc(Cl)c1F. The Bertz CT molecular complexity index is 808. The van der Waals surface area contributed by atoms with Crippen molar-refractivity contribution in [3.63, 3.8) is 0 Å². The van der Waals surface area contributed by atoms with Crippen LogP contribution in [0.1, 0.15) is 44.1 Å². The lowest BCUT2D eigenvalue weighted by molar-refractivity contribution is 0.190. The van der Waals surface area contributed by atoms with E-state index < -0.39 is 11.4 Å². The predicted molar refractivity (Wildman–Crippen MR) is 112 cm³/mol. The van der Waals surface area contributed by atoms with Crippen molar-refractivity contribution in [2.24, 2.45) is 17.6 Å². The van der Waals surface area contributed by atoms with Gasteiger partial charge in [-0.3, -0.25) is 0 Å². The highest BCUT2D eigenvalue weighted by Crippen LogP contribution is 2.47. The van der Waals surface area contributed by atoms with E-state index in [1.165, 1.54) is 12.8 Å². The van der Waals surface area contributed by atoms with Crippen LogP contribution in [0.25, 0.3) is 0 Å². The van der Waals surface area contributed by atoms with Crippen molar-refractivity contribution in [3.8, 4) is 0 Å². The van der Waals surface area contributed by atoms with E-state index in [2.05, 4.69) is 22.5 Å². The third-order valence-electron chi connectivity index (χ3n) is 6.56. The molecule has 1 aromatic heterocycles. The zero-order valence-corrected chi connectivity index (χ0v) is 17.5. The molecule has 7 heteroatoms. The Balaban J connectivity index is 1.81. The summed E-state index contributed by atoms with van der Waals surface area (Å²) < 4.78 is 15.2. The lowest BCUT2D eigenvalue weighted by Crippen LogP contribution is -2.57. The van der Waals surface area contributed by atoms with Crippen molar-refractivity contribution >= 4 is 23.2 Å². The third kappa shape index (κ3) is 3.82. The number of hydrogen-bond donors (Lipinski definition) is 3. The normalized spacial score (nSPS) is 33.8. The first-order valence-corrected chi connectivity index (χ1v) is 10.8. The van der Waals surface area contributed by atoms with Crippen LogP contribution in [0, 0.1) is 17.7 Å². The van der Waals surface area contributed by atoms with Gasteiger partial charge in [-0.15, -0.1) is 0 Å². The summed E-state index contributed by atoms with van der Waals surface area (Å²) in [6, 6.07) is 1.90. The van der Waals surface area contributed by atoms with E-state index in [9.17, 15) is 0 Å². The number of nitrogens with zero attached hydrogens (tertiary/aromatic N) is 1. The minimum absolute atomic E-state index is 0.00736. The number of nitrogens with two attached hydrogens (primary N) is 1. The monoisotopic (exact) mass is 424 g/mol. The molecule has 0 radical (unpaired) electrons. The van der Waals surface area contributed by atoms with E-state index in [0.29, 0.717) is 16.5 Å². The van der Waals surface area contributed by atoms with Gasteiger partial charge < -0.3 is 16.4 Å². The number of nitrogens with one attached hydrogen (secondary N) is 2. The van der Waals surface area contributed by atoms with Gasteiger partial charge in [0.2, 0.25) is 0 Å². The van der Waals surface area contributed by atoms with Crippen LogP contribution in [0.4, 0.5) is 4.39 Å². The fourth-order valence-corrected chi connectivity index (χ4v) is 5.38. The first-order valence-electron chi connectivity index (χ1n) is 10.0. The molecule has 2 aliphatic carbocycles. The molecule has 1 aromatic rings. The Morgan fingerprint density at radius 3 is 2.82 bits per heavy atom. The number of hydrogen-bond acceptors (Lipinski definition) is 4. The maximum Gasteiger partial charge on any atom is 0.165 e. The molecule has 0 bridgehead atoms. The van der Waals surface area contributed by atoms with Crippen molar-refractivity contribution in [1.82, 2.24) is 15.6 Å². The number of halogens is 3. The zero-order chi connectivity index (χ0) is 19.9. The second-order valence-electron chi connectivity index (χ2n) is 8.45. The minimum Gasteiger partial charge on any atom is -0.402 e. The number of aromatic nitrogens is 1. The van der Waals surface area contributed by atoms with E-state index in [4.69, 9.17) is 28.9 Å². The van der Waals surface area contributed by atoms with Gasteiger partial charge in [0.1, 0.15) is 0 Å². The maximum atomic E-state index is 15.2. The molecule has 4 nitrogen and oxygen atoms in total. The molecule has 2 fully saturated rings. The van der Waals surface area contributed by atoms with E-state index in [-0.39, 0.29) is 23.0 Å². The third-order valence-corrected chi connectivity index (χ3v) is 7.09. The van der Waals surface area contributed by atoms with Crippen molar-refractivity contribution < 1.29 is 4.39 Å². The molecule has 1 saturated carbocycles. The summed E-state index contributed by atoms with van der Waals surface area (Å²) in [6.45, 7) is 3.78. The fourth-order valence-electron chi connectivity index (χ4n) is 5.00. The standard InChI is InChI=1S/C21H27Cl2FN4/c1-21(15-5-4-13(22)11-16(15)25)18(14-6-7-27-20(23)19(14)24)17(10-12-2-3-12)26-8-9-28-21/h4,6-7,11-12,15,17-18,26,28H,2-3,5,8-10,25H2,1H3. The highest BCUT2D eigenvalue weighted by molar-refractivity contribution is 6.31. The van der Waals surface area contributed by atoms with Gasteiger partial charge in [0.15, 0.2) is 11.0 Å². The second-order valence-corrected chi connectivity index (χ2v) is 9.25. The summed E-state index contributed by atoms with van der Waals surface area (Å²) >= 11 is 12.3. The number of allylic oxidation sites excluding steroid dienone is 3. The maximum absolute atomic E-state index is 15.2. The highest BCUT2D eigenvalue weighted by atomic mass is 35.5. The van der Waals surface area contributed by atoms with Crippen molar-refractivity contribution in [1.29, 1.82) is 0 Å². The Labute approximate surface area is 175 Å². The molecule has 28 heavy (non-hydrogen) atoms. The van der Waals surface area contributed by atoms with Crippen LogP contribution in [0.3, 0.4) is 0 Å². The first-order chi connectivity index (χ1) is 13.4. The molecule has 0 spiro atoms. The predicted octanol–water partition coefficient (Wildman–Crippen LogP) is 4.06. The molecule has 152 valence electrons. The zero-order valence-electron chi connectivity index (χ0n) is 16.0. The highest BCUT2D eigenvalue weighted by Gasteiger charge is 2.49. The van der Waals surface area contributed by atoms with Crippen LogP contribution < -0.4 is 16.4 Å². The molecule has 0 aromatic carbocycles. The van der Waals surface area contributed by atoms with Gasteiger partial charge in [0.05, 0.1) is 0 Å². The molecule has 1 saturated heterocycles. The quantitative estimate of drug-likeness (QED) is 0.637. The second kappa shape index (κ2) is 7.94. The van der Waals surface area contributed by atoms with Gasteiger partial charge in [-0.1, -0.05) is 42.1 Å². The van der Waals surface area contributed by atoms with Crippen LogP contribution in [-0.2, 0) is 0 Å². The molecular weight excluding hydrogens is 398 g/mol. The molecule has 4 unspecified atom stereocenters. The molecule has 3 aliphatic rings. The summed E-state index contributed by atoms with van der Waals surface area (Å²) in [5.74, 6) is 0.140. The lowest BCUT2D eigenvalue weighted by Gasteiger charge is -2.47. The summed E-state index contributed by atoms with van der Waals surface area (Å²) in [6.07, 6.45) is 9.65. The number of rotatable bonds is 4. The van der Waals surface area contributed by atoms with Crippen LogP contribution in [0.5, 0.6) is 0 Å². The average Bonchev–Trinajstić information content (AvgIpc) is 3.47. The largest absolute Gasteiger partial charge is 0.402 e. The molecule has 1 aliphatic heterocycles. The van der Waals surface area contributed by atoms with Gasteiger partial charge >= 0.3 is 0 Å². The topological polar surface area (TPSA) is 63.0 Å². The van der Waals surface area contributed by atoms with Crippen LogP contribution in [0.2, 0.25) is 5.15 Å². The number of pyridine rings is 1. The first kappa shape index (κ1) is 20.1. The van der Waals surface area contributed by atoms with E-state index in [0.717, 1.165) is 31.6 Å². The molecule has 0 amide bonds. The van der Waals surface area contributed by atoms with Crippen molar-refractivity contribution in [2.45, 2.75) is 50.1 Å². The van der Waals surface area contributed by atoms with Crippen molar-refractivity contribution in [3.05, 3.63) is 51.7 Å². The Morgan fingerprint density at radius 2 is 2.11 bits per heavy atom. The molecule has 2 heterocycles. The van der Waals surface area contributed by atoms with E-state index in [1.54, 1.807) is 12.3 Å². The average molecular weight is 425 g/mol. The van der Waals surface area contributed by atoms with Crippen LogP contribution in [-0.4, -0.2) is 29.7 Å². The van der Waals surface area contributed by atoms with Gasteiger partial charge in [0.25, 0.3) is 0 Å². The lowest BCUT2D eigenvalue weighted by atomic mass is 9.65. The Kier molecular flexibility index (Phi) is 5.71. The van der Waals surface area contributed by atoms with Crippen LogP contribution >= 0.6 is 23.2 Å². The molecule has 4 rings (SSSR count). The molecular formula is C21H27Cl2FN4. The van der Waals surface area contributed by atoms with Crippen LogP contribution in [0.15, 0.2) is 35.1 Å². The van der Waals surface area contributed by atoms with Crippen molar-refractivity contribution in [2.75, 3.05) is 13.1 Å². The van der Waals surface area contributed by atoms with E-state index in [1.807, 2.05) is 12.2 Å². The van der Waals surface area contributed by atoms with Gasteiger partial charge in [-0.2, -0.15) is 0 Å². The van der Waals surface area contributed by atoms with Gasteiger partial charge in [-0.05, 0) is 43.4 Å². The van der Waals surface area contributed by atoms with Gasteiger partial charge in [-0.25, -0.2) is 9.37 Å². The van der Waals surface area contributed by atoms with Gasteiger partial charge in [0, 0.05) is 53.4 Å². The Morgan fingerprint density at radius 1 is 1.32 bits per heavy atom. The molecule has 4 N–H and O–H groups in total. The summed E-state index contributed by atoms with van der Waals surface area (Å²) in [5.41, 5.74) is 7.33. The minimum atomic E-state index is -0.455. The fraction of sp³-hybridized carbons (Fsp3) is 0.571. The smallest absolute Gasteiger partial charge is 0.165 e. The summed E-state index contributed by atoms with van der Waals surface area (Å²) in [4.78, 5) is 3.93. The Hall–Kier alpha value is -1.14. The van der Waals surface area contributed by atoms with E-state index >= 15 is 4.39 Å². The summed E-state index contributed by atoms with van der Waals surface area (Å²) in [5, 5.41) is 7.96. The molecule has 4 atom stereocenters.